The number of hydrogen-bond acceptors (Lipinski definition) is 6. The third kappa shape index (κ3) is 8.92. The summed E-state index contributed by atoms with van der Waals surface area (Å²) in [5, 5.41) is 3.01. The van der Waals surface area contributed by atoms with Gasteiger partial charge in [-0.25, -0.2) is 8.42 Å². The molecule has 0 aliphatic rings. The van der Waals surface area contributed by atoms with Gasteiger partial charge in [0.15, 0.2) is 0 Å². The van der Waals surface area contributed by atoms with Gasteiger partial charge in [-0.3, -0.25) is 13.9 Å². The average Bonchev–Trinajstić information content (AvgIpc) is 3.09. The number of aryl methyl sites for hydroxylation is 1. The van der Waals surface area contributed by atoms with E-state index in [1.165, 1.54) is 37.3 Å². The fourth-order valence-electron chi connectivity index (χ4n) is 5.26. The van der Waals surface area contributed by atoms with Gasteiger partial charge in [-0.1, -0.05) is 86.1 Å². The summed E-state index contributed by atoms with van der Waals surface area (Å²) in [6.45, 7) is 3.94. The highest BCUT2D eigenvalue weighted by molar-refractivity contribution is 7.92. The Morgan fingerprint density at radius 1 is 0.851 bits per heavy atom. The molecule has 0 saturated heterocycles. The summed E-state index contributed by atoms with van der Waals surface area (Å²) < 4.78 is 40.7. The summed E-state index contributed by atoms with van der Waals surface area (Å²) in [5.74, 6) is -0.234. The minimum absolute atomic E-state index is 0.00118. The molecule has 0 heterocycles. The van der Waals surface area contributed by atoms with Crippen molar-refractivity contribution in [2.24, 2.45) is 0 Å². The zero-order valence-corrected chi connectivity index (χ0v) is 28.2. The number of hydrogen-bond donors (Lipinski definition) is 1. The van der Waals surface area contributed by atoms with E-state index < -0.39 is 28.5 Å². The van der Waals surface area contributed by atoms with Crippen molar-refractivity contribution in [2.75, 3.05) is 31.6 Å². The van der Waals surface area contributed by atoms with Crippen molar-refractivity contribution in [1.82, 2.24) is 10.2 Å². The largest absolute Gasteiger partial charge is 0.497 e. The maximum absolute atomic E-state index is 14.7. The molecule has 2 amide bonds. The number of benzene rings is 4. The van der Waals surface area contributed by atoms with Gasteiger partial charge in [-0.15, -0.1) is 0 Å². The molecule has 0 aliphatic heterocycles. The van der Waals surface area contributed by atoms with Crippen molar-refractivity contribution in [3.8, 4) is 11.5 Å². The first kappa shape index (κ1) is 35.0. The van der Waals surface area contributed by atoms with Crippen molar-refractivity contribution in [2.45, 2.75) is 50.6 Å². The summed E-state index contributed by atoms with van der Waals surface area (Å²) >= 11 is 0. The summed E-state index contributed by atoms with van der Waals surface area (Å²) in [6, 6.07) is 28.9. The Labute approximate surface area is 278 Å². The summed E-state index contributed by atoms with van der Waals surface area (Å²) in [4.78, 5) is 30.1. The molecule has 1 N–H and O–H groups in total. The zero-order valence-electron chi connectivity index (χ0n) is 27.4. The van der Waals surface area contributed by atoms with Crippen LogP contribution in [0.3, 0.4) is 0 Å². The highest BCUT2D eigenvalue weighted by atomic mass is 32.2. The zero-order chi connectivity index (χ0) is 33.8. The number of methoxy groups -OCH3 is 2. The third-order valence-corrected chi connectivity index (χ3v) is 9.74. The molecule has 248 valence electrons. The number of sulfonamides is 1. The first-order valence-electron chi connectivity index (χ1n) is 15.6. The fraction of sp³-hybridized carbons (Fsp3) is 0.297. The molecular weight excluding hydrogens is 614 g/mol. The number of ether oxygens (including phenoxy) is 2. The standard InChI is InChI=1S/C37H43N3O6S/c1-5-6-23-38-37(42)34(24-29-16-9-7-10-17-29)39(26-30-18-14-13-15-28(30)2)36(41)27-40(47(43,44)32-19-11-8-12-20-32)33-25-31(45-3)21-22-35(33)46-4/h7-22,25,34H,5-6,23-24,26-27H2,1-4H3,(H,38,42). The molecule has 4 aromatic rings. The molecule has 4 aromatic carbocycles. The summed E-state index contributed by atoms with van der Waals surface area (Å²) in [5.41, 5.74) is 2.79. The predicted molar refractivity (Wildman–Crippen MR) is 184 cm³/mol. The van der Waals surface area contributed by atoms with E-state index in [0.29, 0.717) is 12.3 Å². The minimum atomic E-state index is -4.29. The molecule has 0 radical (unpaired) electrons. The molecule has 9 nitrogen and oxygen atoms in total. The lowest BCUT2D eigenvalue weighted by atomic mass is 10.0. The van der Waals surface area contributed by atoms with Gasteiger partial charge in [0.05, 0.1) is 24.8 Å². The van der Waals surface area contributed by atoms with Gasteiger partial charge >= 0.3 is 0 Å². The molecule has 0 fully saturated rings. The number of nitrogens with zero attached hydrogens (tertiary/aromatic N) is 2. The Balaban J connectivity index is 1.85. The molecular formula is C37H43N3O6S. The van der Waals surface area contributed by atoms with Crippen LogP contribution in [0.4, 0.5) is 5.69 Å². The van der Waals surface area contributed by atoms with Crippen molar-refractivity contribution in [3.63, 3.8) is 0 Å². The normalized spacial score (nSPS) is 11.7. The number of unbranched alkanes of at least 4 members (excludes halogenated alkanes) is 1. The van der Waals surface area contributed by atoms with Crippen molar-refractivity contribution in [3.05, 3.63) is 120 Å². The first-order chi connectivity index (χ1) is 22.7. The van der Waals surface area contributed by atoms with Gasteiger partial charge in [0.2, 0.25) is 11.8 Å². The second kappa shape index (κ2) is 16.6. The van der Waals surface area contributed by atoms with Gasteiger partial charge in [0.25, 0.3) is 10.0 Å². The van der Waals surface area contributed by atoms with Crippen LogP contribution in [0.25, 0.3) is 0 Å². The molecule has 1 unspecified atom stereocenters. The van der Waals surface area contributed by atoms with Crippen LogP contribution < -0.4 is 19.1 Å². The van der Waals surface area contributed by atoms with Gasteiger partial charge < -0.3 is 19.7 Å². The van der Waals surface area contributed by atoms with E-state index in [1.807, 2.05) is 68.4 Å². The Morgan fingerprint density at radius 3 is 2.15 bits per heavy atom. The van der Waals surface area contributed by atoms with Crippen LogP contribution >= 0.6 is 0 Å². The van der Waals surface area contributed by atoms with Crippen LogP contribution in [0, 0.1) is 6.92 Å². The maximum Gasteiger partial charge on any atom is 0.264 e. The fourth-order valence-corrected chi connectivity index (χ4v) is 6.69. The van der Waals surface area contributed by atoms with Crippen LogP contribution in [0.5, 0.6) is 11.5 Å². The van der Waals surface area contributed by atoms with Gasteiger partial charge in [0, 0.05) is 25.6 Å². The lowest BCUT2D eigenvalue weighted by Gasteiger charge is -2.34. The number of carbonyl (C=O) groups is 2. The second-order valence-corrected chi connectivity index (χ2v) is 13.0. The topological polar surface area (TPSA) is 105 Å². The Hall–Kier alpha value is -4.83. The predicted octanol–water partition coefficient (Wildman–Crippen LogP) is 5.76. The van der Waals surface area contributed by atoms with E-state index in [0.717, 1.165) is 33.8 Å². The maximum atomic E-state index is 14.7. The Morgan fingerprint density at radius 2 is 1.51 bits per heavy atom. The number of rotatable bonds is 16. The van der Waals surface area contributed by atoms with Crippen LogP contribution in [0.15, 0.2) is 108 Å². The van der Waals surface area contributed by atoms with E-state index in [9.17, 15) is 18.0 Å². The van der Waals surface area contributed by atoms with Crippen molar-refractivity contribution in [1.29, 1.82) is 0 Å². The van der Waals surface area contributed by atoms with E-state index in [1.54, 1.807) is 30.3 Å². The molecule has 0 spiro atoms. The third-order valence-electron chi connectivity index (χ3n) is 7.97. The SMILES string of the molecule is CCCCNC(=O)C(Cc1ccccc1)N(Cc1ccccc1C)C(=O)CN(c1cc(OC)ccc1OC)S(=O)(=O)c1ccccc1. The highest BCUT2D eigenvalue weighted by Gasteiger charge is 2.35. The van der Waals surface area contributed by atoms with Crippen LogP contribution in [0.2, 0.25) is 0 Å². The van der Waals surface area contributed by atoms with E-state index >= 15 is 0 Å². The smallest absolute Gasteiger partial charge is 0.264 e. The Bertz CT molecular complexity index is 1730. The molecule has 0 saturated carbocycles. The van der Waals surface area contributed by atoms with E-state index in [-0.39, 0.29) is 35.2 Å². The number of carbonyl (C=O) groups excluding carboxylic acids is 2. The van der Waals surface area contributed by atoms with Gasteiger partial charge in [-0.2, -0.15) is 0 Å². The first-order valence-corrected chi connectivity index (χ1v) is 17.1. The molecule has 0 aliphatic carbocycles. The molecule has 0 aromatic heterocycles. The van der Waals surface area contributed by atoms with Crippen LogP contribution in [0.1, 0.15) is 36.5 Å². The monoisotopic (exact) mass is 657 g/mol. The molecule has 1 atom stereocenters. The number of amides is 2. The molecule has 0 bridgehead atoms. The second-order valence-electron chi connectivity index (χ2n) is 11.2. The molecule has 10 heteroatoms. The van der Waals surface area contributed by atoms with Crippen molar-refractivity contribution < 1.29 is 27.5 Å². The highest BCUT2D eigenvalue weighted by Crippen LogP contribution is 2.36. The quantitative estimate of drug-likeness (QED) is 0.154. The summed E-state index contributed by atoms with van der Waals surface area (Å²) in [7, 11) is -1.39. The Kier molecular flexibility index (Phi) is 12.4. The van der Waals surface area contributed by atoms with Crippen LogP contribution in [-0.2, 0) is 32.6 Å². The lowest BCUT2D eigenvalue weighted by Crippen LogP contribution is -2.53. The lowest BCUT2D eigenvalue weighted by molar-refractivity contribution is -0.140. The molecule has 4 rings (SSSR count). The van der Waals surface area contributed by atoms with Crippen molar-refractivity contribution >= 4 is 27.5 Å². The molecule has 47 heavy (non-hydrogen) atoms. The summed E-state index contributed by atoms with van der Waals surface area (Å²) in [6.07, 6.45) is 1.92. The van der Waals surface area contributed by atoms with E-state index in [2.05, 4.69) is 5.32 Å². The number of anilines is 1. The van der Waals surface area contributed by atoms with E-state index in [4.69, 9.17) is 9.47 Å². The van der Waals surface area contributed by atoms with Crippen LogP contribution in [-0.4, -0.2) is 58.5 Å². The minimum Gasteiger partial charge on any atom is -0.497 e. The average molecular weight is 658 g/mol. The van der Waals surface area contributed by atoms with Gasteiger partial charge in [-0.05, 0) is 54.3 Å². The number of nitrogens with one attached hydrogen (secondary N) is 1. The van der Waals surface area contributed by atoms with Gasteiger partial charge in [0.1, 0.15) is 24.1 Å².